The molecule has 7 atom stereocenters. The molecule has 14 nitrogen and oxygen atoms in total. The van der Waals surface area contributed by atoms with E-state index in [0.29, 0.717) is 75.5 Å². The van der Waals surface area contributed by atoms with Gasteiger partial charge in [-0.15, -0.1) is 0 Å². The van der Waals surface area contributed by atoms with Crippen LogP contribution in [0.4, 0.5) is 18.0 Å². The van der Waals surface area contributed by atoms with Crippen LogP contribution in [0.2, 0.25) is 0 Å². The highest BCUT2D eigenvalue weighted by atomic mass is 32.2. The molecule has 0 radical (unpaired) electrons. The van der Waals surface area contributed by atoms with Gasteiger partial charge in [-0.3, -0.25) is 19.1 Å². The second-order valence-electron chi connectivity index (χ2n) is 16.4. The Morgan fingerprint density at radius 3 is 2.43 bits per heavy atom. The van der Waals surface area contributed by atoms with E-state index in [1.165, 1.54) is 11.1 Å². The molecule has 7 unspecified atom stereocenters. The number of benzene rings is 1. The highest BCUT2D eigenvalue weighted by Crippen LogP contribution is 2.46. The number of amides is 4. The molecule has 2 saturated carbocycles. The third-order valence-corrected chi connectivity index (χ3v) is 13.4. The number of nitrogens with zero attached hydrogens (tertiary/aromatic N) is 2. The number of hydrogen-bond acceptors (Lipinski definition) is 10. The zero-order chi connectivity index (χ0) is 42.2. The Kier molecular flexibility index (Phi) is 12.3. The average molecular weight is 836 g/mol. The summed E-state index contributed by atoms with van der Waals surface area (Å²) in [6.07, 6.45) is 0.684. The minimum Gasteiger partial charge on any atom is -0.492 e. The van der Waals surface area contributed by atoms with Gasteiger partial charge in [-0.25, -0.2) is 18.2 Å². The first kappa shape index (κ1) is 43.0. The van der Waals surface area contributed by atoms with Gasteiger partial charge in [0.25, 0.3) is 5.91 Å². The minimum absolute atomic E-state index is 0.0281. The lowest BCUT2D eigenvalue weighted by Gasteiger charge is -2.35. The highest BCUT2D eigenvalue weighted by molar-refractivity contribution is 7.91. The van der Waals surface area contributed by atoms with Crippen molar-refractivity contribution in [2.75, 3.05) is 13.2 Å². The molecule has 58 heavy (non-hydrogen) atoms. The van der Waals surface area contributed by atoms with Crippen molar-refractivity contribution in [3.8, 4) is 11.6 Å². The predicted molar refractivity (Wildman–Crippen MR) is 206 cm³/mol. The fraction of sp³-hybridized carbons (Fsp3) is 0.625. The van der Waals surface area contributed by atoms with E-state index < -0.39 is 86.4 Å². The van der Waals surface area contributed by atoms with Crippen molar-refractivity contribution in [1.82, 2.24) is 25.2 Å². The summed E-state index contributed by atoms with van der Waals surface area (Å²) < 4.78 is 86.3. The quantitative estimate of drug-likeness (QED) is 0.266. The molecule has 0 spiro atoms. The number of sulfonamides is 1. The van der Waals surface area contributed by atoms with Crippen molar-refractivity contribution in [3.63, 3.8) is 0 Å². The lowest BCUT2D eigenvalue weighted by atomic mass is 9.85. The fourth-order valence-electron chi connectivity index (χ4n) is 7.83. The lowest BCUT2D eigenvalue weighted by Crippen LogP contribution is -2.59. The number of nitrogens with one attached hydrogen (secondary N) is 3. The third-order valence-electron chi connectivity index (χ3n) is 11.6. The number of alkyl carbamates (subject to hydrolysis) is 1. The highest BCUT2D eigenvalue weighted by Gasteiger charge is 2.62. The maximum Gasteiger partial charge on any atom is 0.427 e. The van der Waals surface area contributed by atoms with E-state index in [4.69, 9.17) is 14.2 Å². The van der Waals surface area contributed by atoms with Gasteiger partial charge in [0.05, 0.1) is 24.6 Å². The van der Waals surface area contributed by atoms with Crippen molar-refractivity contribution >= 4 is 44.6 Å². The molecule has 318 valence electrons. The number of carbonyl (C=O) groups is 4. The van der Waals surface area contributed by atoms with Crippen LogP contribution < -0.4 is 24.8 Å². The largest absolute Gasteiger partial charge is 0.492 e. The van der Waals surface area contributed by atoms with Crippen molar-refractivity contribution < 1.29 is 55.0 Å². The summed E-state index contributed by atoms with van der Waals surface area (Å²) in [4.78, 5) is 62.1. The van der Waals surface area contributed by atoms with Gasteiger partial charge >= 0.3 is 12.3 Å². The molecule has 3 heterocycles. The SMILES string of the molecule is CCOc1cnc(OC2CC3C(=O)NC4(C(=O)NS(=O)(=O)C5CC5)CC4C=CCCC(C)CC(CC)C(NC(=O)OC(C)(C)C(F)(F)F)C(=O)N3C2)c2ccccc12. The first-order valence-corrected chi connectivity index (χ1v) is 21.4. The van der Waals surface area contributed by atoms with Gasteiger partial charge in [-0.05, 0) is 77.2 Å². The molecule has 4 aliphatic rings. The second-order valence-corrected chi connectivity index (χ2v) is 18.3. The van der Waals surface area contributed by atoms with Crippen molar-refractivity contribution in [2.24, 2.45) is 17.8 Å². The van der Waals surface area contributed by atoms with Gasteiger partial charge in [0, 0.05) is 23.1 Å². The van der Waals surface area contributed by atoms with Crippen LogP contribution in [0.5, 0.6) is 11.6 Å². The molecule has 1 saturated heterocycles. The predicted octanol–water partition coefficient (Wildman–Crippen LogP) is 5.30. The topological polar surface area (TPSA) is 182 Å². The monoisotopic (exact) mass is 835 g/mol. The van der Waals surface area contributed by atoms with Crippen LogP contribution in [0.15, 0.2) is 42.6 Å². The normalized spacial score (nSPS) is 28.3. The zero-order valence-corrected chi connectivity index (χ0v) is 34.1. The molecule has 2 aliphatic carbocycles. The van der Waals surface area contributed by atoms with E-state index in [1.54, 1.807) is 25.1 Å². The number of pyridine rings is 1. The number of rotatable bonds is 10. The molecular formula is C40H52F3N5O9S. The van der Waals surface area contributed by atoms with Gasteiger partial charge in [0.2, 0.25) is 33.3 Å². The van der Waals surface area contributed by atoms with E-state index in [9.17, 15) is 40.8 Å². The van der Waals surface area contributed by atoms with E-state index in [2.05, 4.69) is 20.3 Å². The number of aromatic nitrogens is 1. The smallest absolute Gasteiger partial charge is 0.427 e. The average Bonchev–Trinajstić information content (AvgIpc) is 4.08. The Labute approximate surface area is 336 Å². The van der Waals surface area contributed by atoms with Crippen LogP contribution in [-0.2, 0) is 29.1 Å². The third kappa shape index (κ3) is 9.15. The summed E-state index contributed by atoms with van der Waals surface area (Å²) in [6.45, 7) is 7.18. The van der Waals surface area contributed by atoms with Gasteiger partial charge in [-0.2, -0.15) is 13.2 Å². The van der Waals surface area contributed by atoms with Crippen LogP contribution in [0.25, 0.3) is 10.8 Å². The molecule has 3 N–H and O–H groups in total. The molecule has 2 aromatic rings. The van der Waals surface area contributed by atoms with Crippen LogP contribution in [0.1, 0.15) is 86.0 Å². The Balaban J connectivity index is 1.37. The Morgan fingerprint density at radius 1 is 1.07 bits per heavy atom. The molecule has 4 amide bonds. The van der Waals surface area contributed by atoms with Crippen LogP contribution in [0.3, 0.4) is 0 Å². The van der Waals surface area contributed by atoms with Crippen molar-refractivity contribution in [1.29, 1.82) is 0 Å². The van der Waals surface area contributed by atoms with Crippen LogP contribution in [0, 0.1) is 17.8 Å². The minimum atomic E-state index is -4.91. The maximum atomic E-state index is 14.9. The summed E-state index contributed by atoms with van der Waals surface area (Å²) >= 11 is 0. The number of allylic oxidation sites excluding steroid dienone is 1. The van der Waals surface area contributed by atoms with Crippen LogP contribution in [-0.4, -0.2) is 96.0 Å². The first-order chi connectivity index (χ1) is 27.3. The van der Waals surface area contributed by atoms with E-state index >= 15 is 0 Å². The molecule has 18 heteroatoms. The van der Waals surface area contributed by atoms with Gasteiger partial charge in [0.15, 0.2) is 0 Å². The van der Waals surface area contributed by atoms with Gasteiger partial charge in [-0.1, -0.05) is 50.6 Å². The molecule has 6 rings (SSSR count). The molecule has 3 fully saturated rings. The van der Waals surface area contributed by atoms with Gasteiger partial charge in [0.1, 0.15) is 29.5 Å². The number of alkyl halides is 3. The summed E-state index contributed by atoms with van der Waals surface area (Å²) in [5.74, 6) is -2.84. The van der Waals surface area contributed by atoms with E-state index in [1.807, 2.05) is 32.1 Å². The number of halogens is 3. The van der Waals surface area contributed by atoms with Crippen molar-refractivity contribution in [2.45, 2.75) is 127 Å². The lowest BCUT2D eigenvalue weighted by molar-refractivity contribution is -0.244. The summed E-state index contributed by atoms with van der Waals surface area (Å²) in [5.41, 5.74) is -4.51. The van der Waals surface area contributed by atoms with Gasteiger partial charge < -0.3 is 29.7 Å². The molecular weight excluding hydrogens is 784 g/mol. The Hall–Kier alpha value is -4.61. The Morgan fingerprint density at radius 2 is 1.78 bits per heavy atom. The summed E-state index contributed by atoms with van der Waals surface area (Å²) in [5, 5.41) is 5.85. The first-order valence-electron chi connectivity index (χ1n) is 19.9. The summed E-state index contributed by atoms with van der Waals surface area (Å²) in [6, 6.07) is 4.50. The molecule has 2 aliphatic heterocycles. The maximum absolute atomic E-state index is 14.9. The zero-order valence-electron chi connectivity index (χ0n) is 33.3. The standard InChI is InChI=1S/C40H52F3N5O9S/c1-6-24-18-23(3)12-8-9-13-25-20-39(25,36(51)47-58(53,54)27-16-17-27)46-33(49)30-19-26(56-34-29-15-11-10-14-28(29)31(21-44-34)55-7-2)22-48(30)35(50)32(24)45-37(52)57-38(4,5)40(41,42)43/h9-11,13-15,21,23-27,30,32H,6-8,12,16-20,22H2,1-5H3,(H,45,52)(H,46,49)(H,47,51). The number of ether oxygens (including phenoxy) is 3. The molecule has 1 aromatic heterocycles. The van der Waals surface area contributed by atoms with E-state index in [-0.39, 0.29) is 31.2 Å². The molecule has 0 bridgehead atoms. The number of fused-ring (bicyclic) bond motifs is 3. The second kappa shape index (κ2) is 16.6. The van der Waals surface area contributed by atoms with Crippen LogP contribution >= 0.6 is 0 Å². The number of hydrogen-bond donors (Lipinski definition) is 3. The molecule has 1 aromatic carbocycles. The van der Waals surface area contributed by atoms with E-state index in [0.717, 1.165) is 0 Å². The fourth-order valence-corrected chi connectivity index (χ4v) is 9.19. The Bertz CT molecular complexity index is 2040. The van der Waals surface area contributed by atoms with Crippen molar-refractivity contribution in [3.05, 3.63) is 42.6 Å². The summed E-state index contributed by atoms with van der Waals surface area (Å²) in [7, 11) is -3.98. The number of carbonyl (C=O) groups excluding carboxylic acids is 4.